The lowest BCUT2D eigenvalue weighted by atomic mass is 10.1. The third kappa shape index (κ3) is 3.61. The summed E-state index contributed by atoms with van der Waals surface area (Å²) in [6.07, 6.45) is 1.58. The summed E-state index contributed by atoms with van der Waals surface area (Å²) in [5.41, 5.74) is 9.36. The molecular formula is C19H18N2O2. The fourth-order valence-electron chi connectivity index (χ4n) is 2.33. The lowest BCUT2D eigenvalue weighted by Crippen LogP contribution is -1.97. The van der Waals surface area contributed by atoms with E-state index in [1.165, 1.54) is 0 Å². The molecule has 1 aromatic heterocycles. The summed E-state index contributed by atoms with van der Waals surface area (Å²) in [5, 5.41) is 0. The number of pyridine rings is 1. The smallest absolute Gasteiger partial charge is 0.221 e. The van der Waals surface area contributed by atoms with E-state index < -0.39 is 0 Å². The van der Waals surface area contributed by atoms with Gasteiger partial charge in [0.25, 0.3) is 0 Å². The Morgan fingerprint density at radius 1 is 1.00 bits per heavy atom. The van der Waals surface area contributed by atoms with Gasteiger partial charge in [-0.15, -0.1) is 0 Å². The van der Waals surface area contributed by atoms with E-state index in [2.05, 4.69) is 4.98 Å². The van der Waals surface area contributed by atoms with Crippen LogP contribution in [0.1, 0.15) is 5.56 Å². The largest absolute Gasteiger partial charge is 0.489 e. The Balaban J connectivity index is 1.84. The molecule has 0 radical (unpaired) electrons. The first-order chi connectivity index (χ1) is 11.3. The number of aromatic nitrogens is 1. The van der Waals surface area contributed by atoms with Crippen molar-refractivity contribution < 1.29 is 9.47 Å². The average Bonchev–Trinajstić information content (AvgIpc) is 2.61. The van der Waals surface area contributed by atoms with Crippen molar-refractivity contribution in [3.8, 4) is 22.8 Å². The number of nitrogens with zero attached hydrogens (tertiary/aromatic N) is 1. The van der Waals surface area contributed by atoms with Gasteiger partial charge in [0, 0.05) is 5.56 Å². The second-order valence-electron chi connectivity index (χ2n) is 5.13. The number of nitrogen functional groups attached to an aromatic ring is 1. The maximum absolute atomic E-state index is 5.87. The third-order valence-electron chi connectivity index (χ3n) is 3.46. The molecule has 2 N–H and O–H groups in total. The van der Waals surface area contributed by atoms with Gasteiger partial charge in [-0.2, -0.15) is 0 Å². The first-order valence-electron chi connectivity index (χ1n) is 7.33. The molecule has 2 aromatic carbocycles. The van der Waals surface area contributed by atoms with Crippen molar-refractivity contribution in [2.24, 2.45) is 0 Å². The normalized spacial score (nSPS) is 10.3. The lowest BCUT2D eigenvalue weighted by Gasteiger charge is -2.11. The topological polar surface area (TPSA) is 57.4 Å². The van der Waals surface area contributed by atoms with Gasteiger partial charge in [0.1, 0.15) is 12.4 Å². The van der Waals surface area contributed by atoms with Gasteiger partial charge in [-0.3, -0.25) is 0 Å². The van der Waals surface area contributed by atoms with Gasteiger partial charge >= 0.3 is 0 Å². The van der Waals surface area contributed by atoms with Crippen LogP contribution in [0.2, 0.25) is 0 Å². The molecule has 0 spiro atoms. The summed E-state index contributed by atoms with van der Waals surface area (Å²) in [6, 6.07) is 19.7. The highest BCUT2D eigenvalue weighted by Crippen LogP contribution is 2.31. The van der Waals surface area contributed by atoms with Crippen molar-refractivity contribution in [3.63, 3.8) is 0 Å². The van der Waals surface area contributed by atoms with Crippen molar-refractivity contribution in [3.05, 3.63) is 72.4 Å². The van der Waals surface area contributed by atoms with Gasteiger partial charge in [-0.25, -0.2) is 4.98 Å². The van der Waals surface area contributed by atoms with Crippen molar-refractivity contribution in [2.45, 2.75) is 6.61 Å². The molecule has 1 heterocycles. The Morgan fingerprint density at radius 2 is 1.83 bits per heavy atom. The van der Waals surface area contributed by atoms with Gasteiger partial charge < -0.3 is 15.2 Å². The van der Waals surface area contributed by atoms with E-state index in [1.807, 2.05) is 60.7 Å². The maximum Gasteiger partial charge on any atom is 0.221 e. The molecule has 0 bridgehead atoms. The number of nitrogens with two attached hydrogens (primary N) is 1. The van der Waals surface area contributed by atoms with Crippen LogP contribution in [0.15, 0.2) is 66.9 Å². The van der Waals surface area contributed by atoms with Crippen molar-refractivity contribution >= 4 is 5.69 Å². The van der Waals surface area contributed by atoms with E-state index in [0.29, 0.717) is 18.2 Å². The third-order valence-corrected chi connectivity index (χ3v) is 3.46. The van der Waals surface area contributed by atoms with Gasteiger partial charge in [0.2, 0.25) is 5.88 Å². The highest BCUT2D eigenvalue weighted by Gasteiger charge is 2.09. The van der Waals surface area contributed by atoms with Gasteiger partial charge in [0.05, 0.1) is 19.0 Å². The molecule has 0 fully saturated rings. The molecule has 0 aliphatic rings. The van der Waals surface area contributed by atoms with Crippen LogP contribution in [0, 0.1) is 0 Å². The predicted octanol–water partition coefficient (Wildman–Crippen LogP) is 3.92. The van der Waals surface area contributed by atoms with Gasteiger partial charge in [-0.1, -0.05) is 42.5 Å². The Morgan fingerprint density at radius 3 is 2.61 bits per heavy atom. The number of hydrogen-bond donors (Lipinski definition) is 1. The quantitative estimate of drug-likeness (QED) is 0.776. The fourth-order valence-corrected chi connectivity index (χ4v) is 2.33. The second kappa shape index (κ2) is 6.83. The van der Waals surface area contributed by atoms with Crippen LogP contribution in [-0.4, -0.2) is 12.1 Å². The van der Waals surface area contributed by atoms with Crippen molar-refractivity contribution in [2.75, 3.05) is 12.8 Å². The highest BCUT2D eigenvalue weighted by molar-refractivity contribution is 5.72. The predicted molar refractivity (Wildman–Crippen MR) is 91.4 cm³/mol. The van der Waals surface area contributed by atoms with Crippen LogP contribution in [0.3, 0.4) is 0 Å². The van der Waals surface area contributed by atoms with Crippen molar-refractivity contribution in [1.29, 1.82) is 0 Å². The summed E-state index contributed by atoms with van der Waals surface area (Å²) in [6.45, 7) is 0.524. The molecule has 3 aromatic rings. The fraction of sp³-hybridized carbons (Fsp3) is 0.105. The Labute approximate surface area is 135 Å². The van der Waals surface area contributed by atoms with E-state index in [-0.39, 0.29) is 0 Å². The second-order valence-corrected chi connectivity index (χ2v) is 5.13. The van der Waals surface area contributed by atoms with E-state index in [0.717, 1.165) is 22.4 Å². The van der Waals surface area contributed by atoms with Crippen LogP contribution < -0.4 is 15.2 Å². The number of methoxy groups -OCH3 is 1. The van der Waals surface area contributed by atoms with Crippen molar-refractivity contribution in [1.82, 2.24) is 4.98 Å². The zero-order valence-electron chi connectivity index (χ0n) is 12.9. The SMILES string of the molecule is COc1ncc(N)cc1-c1cccc(OCc2ccccc2)c1. The molecule has 116 valence electrons. The summed E-state index contributed by atoms with van der Waals surface area (Å²) in [4.78, 5) is 4.21. The first-order valence-corrected chi connectivity index (χ1v) is 7.33. The minimum Gasteiger partial charge on any atom is -0.489 e. The average molecular weight is 306 g/mol. The number of hydrogen-bond acceptors (Lipinski definition) is 4. The molecule has 0 unspecified atom stereocenters. The number of anilines is 1. The zero-order valence-corrected chi connectivity index (χ0v) is 12.9. The zero-order chi connectivity index (χ0) is 16.1. The summed E-state index contributed by atoms with van der Waals surface area (Å²) < 4.78 is 11.2. The van der Waals surface area contributed by atoms with Crippen LogP contribution in [-0.2, 0) is 6.61 Å². The van der Waals surface area contributed by atoms with Crippen LogP contribution >= 0.6 is 0 Å². The maximum atomic E-state index is 5.87. The van der Waals surface area contributed by atoms with E-state index in [9.17, 15) is 0 Å². The number of benzene rings is 2. The molecule has 0 saturated carbocycles. The highest BCUT2D eigenvalue weighted by atomic mass is 16.5. The van der Waals surface area contributed by atoms with Crippen LogP contribution in [0.4, 0.5) is 5.69 Å². The standard InChI is InChI=1S/C19H18N2O2/c1-22-19-18(11-16(20)12-21-19)15-8-5-9-17(10-15)23-13-14-6-3-2-4-7-14/h2-12H,13,20H2,1H3. The lowest BCUT2D eigenvalue weighted by molar-refractivity contribution is 0.306. The Hall–Kier alpha value is -3.01. The summed E-state index contributed by atoms with van der Waals surface area (Å²) >= 11 is 0. The van der Waals surface area contributed by atoms with E-state index in [4.69, 9.17) is 15.2 Å². The molecule has 0 aliphatic heterocycles. The van der Waals surface area contributed by atoms with Gasteiger partial charge in [0.15, 0.2) is 0 Å². The van der Waals surface area contributed by atoms with Gasteiger partial charge in [-0.05, 0) is 29.3 Å². The molecule has 0 saturated heterocycles. The molecule has 0 amide bonds. The monoisotopic (exact) mass is 306 g/mol. The minimum atomic E-state index is 0.524. The number of rotatable bonds is 5. The molecule has 0 aliphatic carbocycles. The van der Waals surface area contributed by atoms with Crippen LogP contribution in [0.25, 0.3) is 11.1 Å². The molecular weight excluding hydrogens is 288 g/mol. The first kappa shape index (κ1) is 14.9. The summed E-state index contributed by atoms with van der Waals surface area (Å²) in [5.74, 6) is 1.33. The minimum absolute atomic E-state index is 0.524. The summed E-state index contributed by atoms with van der Waals surface area (Å²) in [7, 11) is 1.60. The molecule has 23 heavy (non-hydrogen) atoms. The number of ether oxygens (including phenoxy) is 2. The molecule has 0 atom stereocenters. The Bertz CT molecular complexity index is 788. The molecule has 3 rings (SSSR count). The molecule has 4 nitrogen and oxygen atoms in total. The van der Waals surface area contributed by atoms with E-state index in [1.54, 1.807) is 13.3 Å². The van der Waals surface area contributed by atoms with E-state index >= 15 is 0 Å². The molecule has 4 heteroatoms. The Kier molecular flexibility index (Phi) is 4.43. The van der Waals surface area contributed by atoms with Crippen LogP contribution in [0.5, 0.6) is 11.6 Å².